The zero-order valence-corrected chi connectivity index (χ0v) is 17.4. The lowest BCUT2D eigenvalue weighted by atomic mass is 9.78. The molecule has 3 aliphatic rings. The lowest BCUT2D eigenvalue weighted by molar-refractivity contribution is 0.145. The number of aliphatic hydroxyl groups is 1. The highest BCUT2D eigenvalue weighted by Crippen LogP contribution is 2.50. The Morgan fingerprint density at radius 2 is 2.13 bits per heavy atom. The number of aromatic nitrogens is 1. The van der Waals surface area contributed by atoms with Crippen LogP contribution < -0.4 is 15.2 Å². The molecular weight excluding hydrogens is 374 g/mol. The molecule has 1 aromatic carbocycles. The molecule has 2 heterocycles. The van der Waals surface area contributed by atoms with Crippen molar-refractivity contribution in [1.29, 1.82) is 0 Å². The Bertz CT molecular complexity index is 1040. The van der Waals surface area contributed by atoms with E-state index >= 15 is 0 Å². The molecule has 2 aromatic rings. The minimum absolute atomic E-state index is 0.326. The first kappa shape index (κ1) is 18.9. The van der Waals surface area contributed by atoms with E-state index in [1.807, 2.05) is 36.5 Å². The summed E-state index contributed by atoms with van der Waals surface area (Å²) in [5.41, 5.74) is 10.7. The molecule has 0 saturated heterocycles. The van der Waals surface area contributed by atoms with Crippen LogP contribution in [0.3, 0.4) is 0 Å². The van der Waals surface area contributed by atoms with E-state index in [0.29, 0.717) is 11.8 Å². The van der Waals surface area contributed by atoms with Crippen LogP contribution in [-0.4, -0.2) is 17.2 Å². The van der Waals surface area contributed by atoms with Crippen molar-refractivity contribution in [2.24, 2.45) is 11.8 Å². The third-order valence-electron chi connectivity index (χ3n) is 6.61. The minimum atomic E-state index is -0.529. The van der Waals surface area contributed by atoms with Crippen LogP contribution in [0, 0.1) is 11.8 Å². The molecule has 1 aliphatic heterocycles. The number of benzene rings is 1. The molecule has 154 valence electrons. The van der Waals surface area contributed by atoms with E-state index in [9.17, 15) is 5.11 Å². The molecule has 0 radical (unpaired) electrons. The standard InChI is InChI=1S/C25H27N3O2/c1-16-21-15-27-28(19-6-5-11-26-14-19)22(21)12-17-9-10-18(25(16)17)13-23(29)20-7-3-4-8-24(20)30-2/h3-8,11-12,14-16,18,23,27,29H,9-10,13H2,1-2H3/t16-,18+,23?/m0/s1. The number of anilines is 1. The normalized spacial score (nSPS) is 23.4. The number of allylic oxidation sites excluding steroid dienone is 4. The van der Waals surface area contributed by atoms with Crippen LogP contribution in [0.4, 0.5) is 5.69 Å². The number of methoxy groups -OCH3 is 1. The van der Waals surface area contributed by atoms with Gasteiger partial charge < -0.3 is 15.3 Å². The fourth-order valence-corrected chi connectivity index (χ4v) is 5.20. The Kier molecular flexibility index (Phi) is 4.83. The number of nitrogens with zero attached hydrogens (tertiary/aromatic N) is 2. The summed E-state index contributed by atoms with van der Waals surface area (Å²) < 4.78 is 5.46. The van der Waals surface area contributed by atoms with E-state index in [1.54, 1.807) is 13.3 Å². The predicted molar refractivity (Wildman–Crippen MR) is 118 cm³/mol. The maximum absolute atomic E-state index is 11.0. The van der Waals surface area contributed by atoms with E-state index in [-0.39, 0.29) is 0 Å². The average Bonchev–Trinajstić information content (AvgIpc) is 3.39. The molecule has 5 rings (SSSR count). The highest BCUT2D eigenvalue weighted by molar-refractivity contribution is 5.64. The van der Waals surface area contributed by atoms with E-state index < -0.39 is 6.10 Å². The molecule has 0 amide bonds. The molecule has 3 atom stereocenters. The molecular formula is C25H27N3O2. The van der Waals surface area contributed by atoms with Gasteiger partial charge in [-0.3, -0.25) is 9.99 Å². The number of hydrogen-bond donors (Lipinski definition) is 2. The van der Waals surface area contributed by atoms with Gasteiger partial charge in [0.05, 0.1) is 30.8 Å². The van der Waals surface area contributed by atoms with Crippen LogP contribution in [0.25, 0.3) is 0 Å². The second-order valence-corrected chi connectivity index (χ2v) is 8.24. The Balaban J connectivity index is 1.42. The smallest absolute Gasteiger partial charge is 0.124 e. The highest BCUT2D eigenvalue weighted by Gasteiger charge is 2.38. The van der Waals surface area contributed by atoms with E-state index in [2.05, 4.69) is 40.7 Å². The van der Waals surface area contributed by atoms with Crippen LogP contribution in [-0.2, 0) is 0 Å². The van der Waals surface area contributed by atoms with Gasteiger partial charge in [-0.1, -0.05) is 30.7 Å². The number of para-hydroxylation sites is 1. The first-order valence-electron chi connectivity index (χ1n) is 10.6. The molecule has 1 aromatic heterocycles. The first-order chi connectivity index (χ1) is 14.7. The Labute approximate surface area is 177 Å². The van der Waals surface area contributed by atoms with Crippen molar-refractivity contribution < 1.29 is 9.84 Å². The number of aliphatic hydroxyl groups excluding tert-OH is 1. The first-order valence-corrected chi connectivity index (χ1v) is 10.6. The quantitative estimate of drug-likeness (QED) is 0.763. The number of rotatable bonds is 5. The van der Waals surface area contributed by atoms with Gasteiger partial charge in [-0.15, -0.1) is 0 Å². The van der Waals surface area contributed by atoms with Gasteiger partial charge in [0.15, 0.2) is 0 Å². The van der Waals surface area contributed by atoms with Crippen LogP contribution in [0.2, 0.25) is 0 Å². The Morgan fingerprint density at radius 3 is 2.93 bits per heavy atom. The van der Waals surface area contributed by atoms with Crippen LogP contribution >= 0.6 is 0 Å². The van der Waals surface area contributed by atoms with Gasteiger partial charge in [0, 0.05) is 29.5 Å². The fourth-order valence-electron chi connectivity index (χ4n) is 5.20. The number of nitrogens with one attached hydrogen (secondary N) is 1. The van der Waals surface area contributed by atoms with Gasteiger partial charge >= 0.3 is 0 Å². The number of hydrazine groups is 1. The summed E-state index contributed by atoms with van der Waals surface area (Å²) in [6.07, 6.45) is 10.4. The van der Waals surface area contributed by atoms with Gasteiger partial charge in [-0.2, -0.15) is 0 Å². The van der Waals surface area contributed by atoms with Crippen LogP contribution in [0.5, 0.6) is 5.75 Å². The molecule has 5 heteroatoms. The zero-order chi connectivity index (χ0) is 20.7. The van der Waals surface area contributed by atoms with E-state index in [4.69, 9.17) is 4.74 Å². The lowest BCUT2D eigenvalue weighted by Gasteiger charge is -2.30. The maximum Gasteiger partial charge on any atom is 0.124 e. The van der Waals surface area contributed by atoms with Gasteiger partial charge in [0.1, 0.15) is 5.75 Å². The summed E-state index contributed by atoms with van der Waals surface area (Å²) in [5, 5.41) is 13.1. The van der Waals surface area contributed by atoms with Crippen molar-refractivity contribution in [2.45, 2.75) is 32.3 Å². The van der Waals surface area contributed by atoms with Gasteiger partial charge in [0.2, 0.25) is 0 Å². The monoisotopic (exact) mass is 401 g/mol. The number of hydrogen-bond acceptors (Lipinski definition) is 5. The number of pyridine rings is 1. The summed E-state index contributed by atoms with van der Waals surface area (Å²) in [5.74, 6) is 1.46. The van der Waals surface area contributed by atoms with Crippen molar-refractivity contribution in [2.75, 3.05) is 12.1 Å². The summed E-state index contributed by atoms with van der Waals surface area (Å²) in [7, 11) is 1.66. The van der Waals surface area contributed by atoms with Gasteiger partial charge in [-0.05, 0) is 55.0 Å². The zero-order valence-electron chi connectivity index (χ0n) is 17.4. The molecule has 5 nitrogen and oxygen atoms in total. The van der Waals surface area contributed by atoms with Crippen molar-refractivity contribution >= 4 is 5.69 Å². The molecule has 0 fully saturated rings. The van der Waals surface area contributed by atoms with E-state index in [1.165, 1.54) is 22.4 Å². The lowest BCUT2D eigenvalue weighted by Crippen LogP contribution is -2.30. The van der Waals surface area contributed by atoms with E-state index in [0.717, 1.165) is 36.3 Å². The molecule has 0 spiro atoms. The third kappa shape index (κ3) is 3.10. The van der Waals surface area contributed by atoms with Crippen LogP contribution in [0.15, 0.2) is 83.5 Å². The number of ether oxygens (including phenoxy) is 1. The molecule has 2 aliphatic carbocycles. The molecule has 0 saturated carbocycles. The molecule has 1 unspecified atom stereocenters. The SMILES string of the molecule is COc1ccccc1C(O)C[C@H]1CCC2=C1[C@@H](C)C1=CNN(c3cccnc3)C1=C2. The maximum atomic E-state index is 11.0. The largest absolute Gasteiger partial charge is 0.496 e. The fraction of sp³-hybridized carbons (Fsp3) is 0.320. The van der Waals surface area contributed by atoms with Crippen molar-refractivity contribution in [1.82, 2.24) is 10.4 Å². The third-order valence-corrected chi connectivity index (χ3v) is 6.61. The van der Waals surface area contributed by atoms with Crippen LogP contribution in [0.1, 0.15) is 37.9 Å². The summed E-state index contributed by atoms with van der Waals surface area (Å²) in [4.78, 5) is 4.26. The second kappa shape index (κ2) is 7.65. The topological polar surface area (TPSA) is 57.6 Å². The number of fused-ring (bicyclic) bond motifs is 1. The minimum Gasteiger partial charge on any atom is -0.496 e. The summed E-state index contributed by atoms with van der Waals surface area (Å²) >= 11 is 0. The second-order valence-electron chi connectivity index (χ2n) is 8.24. The molecule has 0 bridgehead atoms. The van der Waals surface area contributed by atoms with Gasteiger partial charge in [0.25, 0.3) is 0 Å². The Hall–Kier alpha value is -3.05. The average molecular weight is 402 g/mol. The highest BCUT2D eigenvalue weighted by atomic mass is 16.5. The molecule has 2 N–H and O–H groups in total. The van der Waals surface area contributed by atoms with Crippen molar-refractivity contribution in [3.63, 3.8) is 0 Å². The van der Waals surface area contributed by atoms with Crippen molar-refractivity contribution in [3.8, 4) is 5.75 Å². The van der Waals surface area contributed by atoms with Gasteiger partial charge in [-0.25, -0.2) is 0 Å². The summed E-state index contributed by atoms with van der Waals surface area (Å²) in [6.45, 7) is 2.29. The predicted octanol–water partition coefficient (Wildman–Crippen LogP) is 4.66. The molecule has 30 heavy (non-hydrogen) atoms. The summed E-state index contributed by atoms with van der Waals surface area (Å²) in [6, 6.07) is 11.8. The van der Waals surface area contributed by atoms with Crippen molar-refractivity contribution in [3.05, 3.63) is 89.0 Å². The Morgan fingerprint density at radius 1 is 1.27 bits per heavy atom.